The number of aliphatic hydroxyl groups is 1. The van der Waals surface area contributed by atoms with Gasteiger partial charge < -0.3 is 28.9 Å². The molecule has 0 bridgehead atoms. The molecule has 0 spiro atoms. The quantitative estimate of drug-likeness (QED) is 0.456. The minimum atomic E-state index is -0.658. The summed E-state index contributed by atoms with van der Waals surface area (Å²) < 4.78 is 26.7. The highest BCUT2D eigenvalue weighted by Gasteiger charge is 2.38. The number of carbonyl (C=O) groups is 2. The molecule has 3 rings (SSSR count). The molecule has 2 amide bonds. The number of methoxy groups -OCH3 is 1. The molecule has 0 saturated carbocycles. The van der Waals surface area contributed by atoms with E-state index in [0.29, 0.717) is 50.2 Å². The average molecular weight is 535 g/mol. The number of nitrogens with zero attached hydrogens (tertiary/aromatic N) is 4. The summed E-state index contributed by atoms with van der Waals surface area (Å²) in [7, 11) is 1.64. The molecular weight excluding hydrogens is 491 g/mol. The topological polar surface area (TPSA) is 97.1 Å². The van der Waals surface area contributed by atoms with Crippen molar-refractivity contribution in [3.05, 3.63) is 29.8 Å². The molecule has 1 fully saturated rings. The Hall–Kier alpha value is -2.72. The molecule has 10 heteroatoms. The number of aliphatic hydroxyl groups excluding tert-OH is 1. The van der Waals surface area contributed by atoms with Crippen LogP contribution in [0.1, 0.15) is 64.5 Å². The Kier molecular flexibility index (Phi) is 10.1. The predicted molar refractivity (Wildman–Crippen MR) is 143 cm³/mol. The van der Waals surface area contributed by atoms with Crippen molar-refractivity contribution >= 4 is 23.0 Å². The first-order chi connectivity index (χ1) is 17.9. The third-order valence-corrected chi connectivity index (χ3v) is 6.57. The van der Waals surface area contributed by atoms with E-state index in [4.69, 9.17) is 9.47 Å². The largest absolute Gasteiger partial charge is 0.444 e. The fourth-order valence-corrected chi connectivity index (χ4v) is 4.93. The number of rotatable bonds is 10. The number of halogens is 1. The lowest BCUT2D eigenvalue weighted by Gasteiger charge is -2.43. The number of hydrogen-bond donors (Lipinski definition) is 1. The van der Waals surface area contributed by atoms with Gasteiger partial charge in [-0.25, -0.2) is 14.2 Å². The van der Waals surface area contributed by atoms with E-state index in [0.717, 1.165) is 12.8 Å². The van der Waals surface area contributed by atoms with Gasteiger partial charge in [0, 0.05) is 52.4 Å². The molecule has 1 aromatic heterocycles. The maximum atomic E-state index is 14.2. The van der Waals surface area contributed by atoms with Crippen molar-refractivity contribution in [2.24, 2.45) is 11.8 Å². The van der Waals surface area contributed by atoms with Gasteiger partial charge in [0.1, 0.15) is 11.4 Å². The fraction of sp³-hybridized carbons (Fsp3) is 0.679. The maximum absolute atomic E-state index is 14.2. The molecule has 2 heterocycles. The Morgan fingerprint density at radius 1 is 1.24 bits per heavy atom. The van der Waals surface area contributed by atoms with Crippen LogP contribution in [0.2, 0.25) is 0 Å². The zero-order chi connectivity index (χ0) is 28.0. The lowest BCUT2D eigenvalue weighted by Crippen LogP contribution is -2.56. The van der Waals surface area contributed by atoms with Crippen LogP contribution >= 0.6 is 0 Å². The lowest BCUT2D eigenvalue weighted by molar-refractivity contribution is -0.00457. The van der Waals surface area contributed by atoms with Gasteiger partial charge in [-0.15, -0.1) is 0 Å². The molecule has 0 aliphatic carbocycles. The molecule has 0 radical (unpaired) electrons. The summed E-state index contributed by atoms with van der Waals surface area (Å²) in [4.78, 5) is 35.1. The lowest BCUT2D eigenvalue weighted by atomic mass is 9.93. The van der Waals surface area contributed by atoms with Crippen LogP contribution in [0.5, 0.6) is 0 Å². The van der Waals surface area contributed by atoms with Crippen LogP contribution in [-0.4, -0.2) is 88.1 Å². The summed E-state index contributed by atoms with van der Waals surface area (Å²) in [5, 5.41) is 10.0. The van der Waals surface area contributed by atoms with Crippen molar-refractivity contribution in [2.45, 2.75) is 72.1 Å². The van der Waals surface area contributed by atoms with E-state index in [9.17, 15) is 19.1 Å². The number of aromatic nitrogens is 2. The molecule has 1 aliphatic heterocycles. The van der Waals surface area contributed by atoms with Crippen LogP contribution in [0.15, 0.2) is 18.2 Å². The van der Waals surface area contributed by atoms with E-state index >= 15 is 0 Å². The first kappa shape index (κ1) is 29.8. The number of piperidine rings is 1. The Morgan fingerprint density at radius 2 is 1.97 bits per heavy atom. The van der Waals surface area contributed by atoms with Crippen molar-refractivity contribution in [1.82, 2.24) is 19.4 Å². The molecule has 1 aromatic carbocycles. The Labute approximate surface area is 224 Å². The zero-order valence-corrected chi connectivity index (χ0v) is 23.6. The third kappa shape index (κ3) is 7.66. The van der Waals surface area contributed by atoms with Gasteiger partial charge in [-0.05, 0) is 64.2 Å². The molecule has 1 N–H and O–H groups in total. The van der Waals surface area contributed by atoms with Crippen molar-refractivity contribution in [2.75, 3.05) is 40.0 Å². The zero-order valence-electron chi connectivity index (χ0n) is 23.6. The van der Waals surface area contributed by atoms with Crippen LogP contribution in [0.3, 0.4) is 0 Å². The van der Waals surface area contributed by atoms with Crippen molar-refractivity contribution in [3.8, 4) is 0 Å². The molecule has 2 aromatic rings. The fourth-order valence-electron chi connectivity index (χ4n) is 4.93. The Balaban J connectivity index is 1.97. The van der Waals surface area contributed by atoms with Gasteiger partial charge in [-0.2, -0.15) is 0 Å². The van der Waals surface area contributed by atoms with Gasteiger partial charge in [0.05, 0.1) is 17.1 Å². The summed E-state index contributed by atoms with van der Waals surface area (Å²) >= 11 is 0. The summed E-state index contributed by atoms with van der Waals surface area (Å²) in [6.45, 7) is 11.6. The van der Waals surface area contributed by atoms with Gasteiger partial charge in [0.15, 0.2) is 5.82 Å². The molecule has 1 unspecified atom stereocenters. The van der Waals surface area contributed by atoms with Crippen molar-refractivity contribution < 1.29 is 28.6 Å². The van der Waals surface area contributed by atoms with Crippen LogP contribution in [0.25, 0.3) is 11.0 Å². The summed E-state index contributed by atoms with van der Waals surface area (Å²) in [5.41, 5.74) is 0.468. The van der Waals surface area contributed by atoms with E-state index < -0.39 is 11.7 Å². The summed E-state index contributed by atoms with van der Waals surface area (Å²) in [6, 6.07) is 4.01. The third-order valence-electron chi connectivity index (χ3n) is 6.57. The number of amides is 2. The number of unbranched alkanes of at least 4 members (excludes halogenated alkanes) is 1. The van der Waals surface area contributed by atoms with E-state index in [1.54, 1.807) is 27.5 Å². The normalized spacial score (nSPS) is 18.3. The number of carbonyl (C=O) groups excluding carboxylic acids is 2. The van der Waals surface area contributed by atoms with E-state index in [-0.39, 0.29) is 42.0 Å². The molecular formula is C28H43FN4O5. The standard InChI is InChI=1S/C28H43FN4O5/c1-19(2)15-33(22-13-20(18-34)16-31(17-22)27(36)38-28(3,4)5)26(35)25-30-23-10-9-21(29)14-24(23)32(25)11-7-8-12-37-6/h9-10,14,19-20,22,34H,7-8,11-13,15-18H2,1-6H3/t20?,22-/m0/s1. The second-order valence-corrected chi connectivity index (χ2v) is 11.6. The monoisotopic (exact) mass is 534 g/mol. The van der Waals surface area contributed by atoms with E-state index in [1.165, 1.54) is 12.1 Å². The highest BCUT2D eigenvalue weighted by Crippen LogP contribution is 2.27. The van der Waals surface area contributed by atoms with Gasteiger partial charge in [-0.3, -0.25) is 4.79 Å². The smallest absolute Gasteiger partial charge is 0.410 e. The Morgan fingerprint density at radius 3 is 2.61 bits per heavy atom. The molecule has 38 heavy (non-hydrogen) atoms. The number of imidazole rings is 1. The minimum absolute atomic E-state index is 0.100. The predicted octanol–water partition coefficient (Wildman–Crippen LogP) is 4.32. The number of likely N-dealkylation sites (tertiary alicyclic amines) is 1. The molecule has 1 saturated heterocycles. The highest BCUT2D eigenvalue weighted by molar-refractivity contribution is 5.95. The summed E-state index contributed by atoms with van der Waals surface area (Å²) in [6.07, 6.45) is 1.62. The van der Waals surface area contributed by atoms with Crippen LogP contribution < -0.4 is 0 Å². The Bertz CT molecular complexity index is 1100. The van der Waals surface area contributed by atoms with Crippen molar-refractivity contribution in [3.63, 3.8) is 0 Å². The highest BCUT2D eigenvalue weighted by atomic mass is 19.1. The van der Waals surface area contributed by atoms with Gasteiger partial charge in [0.25, 0.3) is 5.91 Å². The number of ether oxygens (including phenoxy) is 2. The van der Waals surface area contributed by atoms with Crippen LogP contribution in [0.4, 0.5) is 9.18 Å². The molecule has 1 aliphatic rings. The first-order valence-corrected chi connectivity index (χ1v) is 13.5. The maximum Gasteiger partial charge on any atom is 0.410 e. The van der Waals surface area contributed by atoms with E-state index in [1.807, 2.05) is 34.6 Å². The first-order valence-electron chi connectivity index (χ1n) is 13.5. The van der Waals surface area contributed by atoms with Gasteiger partial charge in [-0.1, -0.05) is 13.8 Å². The number of aryl methyl sites for hydroxylation is 1. The second kappa shape index (κ2) is 12.9. The molecule has 212 valence electrons. The number of fused-ring (bicyclic) bond motifs is 1. The molecule has 9 nitrogen and oxygen atoms in total. The van der Waals surface area contributed by atoms with Gasteiger partial charge in [0.2, 0.25) is 0 Å². The van der Waals surface area contributed by atoms with Gasteiger partial charge >= 0.3 is 6.09 Å². The van der Waals surface area contributed by atoms with Crippen LogP contribution in [0, 0.1) is 17.7 Å². The minimum Gasteiger partial charge on any atom is -0.444 e. The number of hydrogen-bond acceptors (Lipinski definition) is 6. The van der Waals surface area contributed by atoms with Crippen molar-refractivity contribution in [1.29, 1.82) is 0 Å². The van der Waals surface area contributed by atoms with E-state index in [2.05, 4.69) is 4.98 Å². The average Bonchev–Trinajstić information content (AvgIpc) is 3.20. The SMILES string of the molecule is COCCCCn1c(C(=O)N(CC(C)C)[C@H]2CC(CO)CN(C(=O)OC(C)(C)C)C2)nc2ccc(F)cc21. The summed E-state index contributed by atoms with van der Waals surface area (Å²) in [5.74, 6) is -0.445. The van der Waals surface area contributed by atoms with Crippen LogP contribution in [-0.2, 0) is 16.0 Å². The second-order valence-electron chi connectivity index (χ2n) is 11.6. The molecule has 2 atom stereocenters. The number of benzene rings is 1.